The summed E-state index contributed by atoms with van der Waals surface area (Å²) in [5.74, 6) is 0.504. The molecule has 2 rings (SSSR count). The lowest BCUT2D eigenvalue weighted by Crippen LogP contribution is -2.08. The number of ether oxygens (including phenoxy) is 1. The Labute approximate surface area is 123 Å². The Morgan fingerprint density at radius 3 is 2.45 bits per heavy atom. The van der Waals surface area contributed by atoms with Gasteiger partial charge in [0.25, 0.3) is 0 Å². The van der Waals surface area contributed by atoms with Crippen molar-refractivity contribution in [2.75, 3.05) is 12.8 Å². The Kier molecular flexibility index (Phi) is 3.86. The van der Waals surface area contributed by atoms with Gasteiger partial charge in [0.15, 0.2) is 0 Å². The van der Waals surface area contributed by atoms with E-state index in [4.69, 9.17) is 10.5 Å². The SMILES string of the molecule is COc1ccc(N)cc1C(=O)c1ccc(C(C)(C)C)s1. The van der Waals surface area contributed by atoms with Gasteiger partial charge in [-0.2, -0.15) is 0 Å². The van der Waals surface area contributed by atoms with Crippen LogP contribution in [0.4, 0.5) is 5.69 Å². The summed E-state index contributed by atoms with van der Waals surface area (Å²) in [7, 11) is 1.55. The summed E-state index contributed by atoms with van der Waals surface area (Å²) >= 11 is 1.52. The van der Waals surface area contributed by atoms with Crippen LogP contribution < -0.4 is 10.5 Å². The van der Waals surface area contributed by atoms with E-state index in [1.807, 2.05) is 12.1 Å². The van der Waals surface area contributed by atoms with E-state index in [-0.39, 0.29) is 11.2 Å². The molecule has 0 aliphatic rings. The molecule has 0 aliphatic carbocycles. The Hall–Kier alpha value is -1.81. The fourth-order valence-electron chi connectivity index (χ4n) is 1.90. The minimum Gasteiger partial charge on any atom is -0.496 e. The zero-order valence-corrected chi connectivity index (χ0v) is 13.0. The van der Waals surface area contributed by atoms with E-state index in [2.05, 4.69) is 20.8 Å². The first kappa shape index (κ1) is 14.6. The van der Waals surface area contributed by atoms with Gasteiger partial charge in [0.05, 0.1) is 17.6 Å². The second-order valence-electron chi connectivity index (χ2n) is 5.70. The maximum absolute atomic E-state index is 12.6. The Balaban J connectivity index is 2.41. The molecule has 0 amide bonds. The minimum atomic E-state index is -0.0466. The number of thiophene rings is 1. The molecule has 1 aromatic heterocycles. The third kappa shape index (κ3) is 2.85. The third-order valence-corrected chi connectivity index (χ3v) is 4.55. The van der Waals surface area contributed by atoms with Crippen LogP contribution >= 0.6 is 11.3 Å². The number of nitrogens with two attached hydrogens (primary N) is 1. The summed E-state index contributed by atoms with van der Waals surface area (Å²) in [5.41, 5.74) is 6.88. The van der Waals surface area contributed by atoms with E-state index in [0.29, 0.717) is 21.9 Å². The molecule has 0 aliphatic heterocycles. The molecule has 106 valence electrons. The molecule has 0 bridgehead atoms. The highest BCUT2D eigenvalue weighted by Gasteiger charge is 2.21. The number of carbonyl (C=O) groups is 1. The smallest absolute Gasteiger partial charge is 0.206 e. The van der Waals surface area contributed by atoms with Crippen molar-refractivity contribution in [1.82, 2.24) is 0 Å². The summed E-state index contributed by atoms with van der Waals surface area (Å²) in [6.07, 6.45) is 0. The zero-order valence-electron chi connectivity index (χ0n) is 12.2. The molecule has 4 heteroatoms. The molecule has 3 nitrogen and oxygen atoms in total. The highest BCUT2D eigenvalue weighted by atomic mass is 32.1. The number of carbonyl (C=O) groups excluding carboxylic acids is 1. The van der Waals surface area contributed by atoms with Crippen molar-refractivity contribution in [3.63, 3.8) is 0 Å². The Morgan fingerprint density at radius 2 is 1.90 bits per heavy atom. The van der Waals surface area contributed by atoms with Gasteiger partial charge < -0.3 is 10.5 Å². The lowest BCUT2D eigenvalue weighted by atomic mass is 9.95. The first-order valence-corrected chi connectivity index (χ1v) is 7.23. The van der Waals surface area contributed by atoms with Gasteiger partial charge in [0.2, 0.25) is 5.78 Å². The van der Waals surface area contributed by atoms with Crippen LogP contribution in [-0.2, 0) is 5.41 Å². The molecule has 2 aromatic rings. The predicted octanol–water partition coefficient (Wildman–Crippen LogP) is 3.87. The van der Waals surface area contributed by atoms with Crippen molar-refractivity contribution < 1.29 is 9.53 Å². The first-order valence-electron chi connectivity index (χ1n) is 6.41. The van der Waals surface area contributed by atoms with Gasteiger partial charge in [-0.05, 0) is 35.7 Å². The van der Waals surface area contributed by atoms with E-state index in [0.717, 1.165) is 0 Å². The van der Waals surface area contributed by atoms with Crippen molar-refractivity contribution in [3.8, 4) is 5.75 Å². The van der Waals surface area contributed by atoms with Crippen LogP contribution in [0.5, 0.6) is 5.75 Å². The second-order valence-corrected chi connectivity index (χ2v) is 6.79. The minimum absolute atomic E-state index is 0.0446. The van der Waals surface area contributed by atoms with Gasteiger partial charge in [-0.25, -0.2) is 0 Å². The third-order valence-electron chi connectivity index (χ3n) is 3.04. The molecule has 1 heterocycles. The maximum atomic E-state index is 12.6. The summed E-state index contributed by atoms with van der Waals surface area (Å²) in [4.78, 5) is 14.5. The number of benzene rings is 1. The summed E-state index contributed by atoms with van der Waals surface area (Å²) in [6.45, 7) is 6.40. The summed E-state index contributed by atoms with van der Waals surface area (Å²) < 4.78 is 5.25. The van der Waals surface area contributed by atoms with Gasteiger partial charge in [-0.1, -0.05) is 20.8 Å². The van der Waals surface area contributed by atoms with Crippen molar-refractivity contribution in [1.29, 1.82) is 0 Å². The van der Waals surface area contributed by atoms with Crippen LogP contribution in [0.2, 0.25) is 0 Å². The molecule has 0 atom stereocenters. The van der Waals surface area contributed by atoms with Gasteiger partial charge in [-0.3, -0.25) is 4.79 Å². The number of rotatable bonds is 3. The summed E-state index contributed by atoms with van der Waals surface area (Å²) in [6, 6.07) is 9.00. The zero-order chi connectivity index (χ0) is 14.9. The average Bonchev–Trinajstić information content (AvgIpc) is 2.87. The van der Waals surface area contributed by atoms with Crippen LogP contribution in [0.3, 0.4) is 0 Å². The van der Waals surface area contributed by atoms with Crippen LogP contribution in [-0.4, -0.2) is 12.9 Å². The van der Waals surface area contributed by atoms with E-state index in [1.54, 1.807) is 25.3 Å². The second kappa shape index (κ2) is 5.29. The monoisotopic (exact) mass is 289 g/mol. The topological polar surface area (TPSA) is 52.3 Å². The predicted molar refractivity (Wildman–Crippen MR) is 83.9 cm³/mol. The number of anilines is 1. The van der Waals surface area contributed by atoms with Gasteiger partial charge >= 0.3 is 0 Å². The van der Waals surface area contributed by atoms with Crippen LogP contribution in [0, 0.1) is 0 Å². The molecule has 20 heavy (non-hydrogen) atoms. The molecule has 0 unspecified atom stereocenters. The maximum Gasteiger partial charge on any atom is 0.206 e. The highest BCUT2D eigenvalue weighted by molar-refractivity contribution is 7.14. The Bertz CT molecular complexity index is 638. The fraction of sp³-hybridized carbons (Fsp3) is 0.312. The number of hydrogen-bond acceptors (Lipinski definition) is 4. The van der Waals surface area contributed by atoms with E-state index in [9.17, 15) is 4.79 Å². The number of hydrogen-bond donors (Lipinski definition) is 1. The van der Waals surface area contributed by atoms with E-state index < -0.39 is 0 Å². The van der Waals surface area contributed by atoms with Gasteiger partial charge in [-0.15, -0.1) is 11.3 Å². The molecule has 0 fully saturated rings. The molecule has 0 radical (unpaired) electrons. The van der Waals surface area contributed by atoms with Crippen LogP contribution in [0.25, 0.3) is 0 Å². The quantitative estimate of drug-likeness (QED) is 0.689. The first-order chi connectivity index (χ1) is 9.32. The molecular weight excluding hydrogens is 270 g/mol. The summed E-state index contributed by atoms with van der Waals surface area (Å²) in [5, 5.41) is 0. The van der Waals surface area contributed by atoms with Crippen molar-refractivity contribution in [3.05, 3.63) is 45.6 Å². The molecule has 0 saturated carbocycles. The van der Waals surface area contributed by atoms with Crippen LogP contribution in [0.1, 0.15) is 40.9 Å². The fourth-order valence-corrected chi connectivity index (χ4v) is 2.92. The largest absolute Gasteiger partial charge is 0.496 e. The molecule has 2 N–H and O–H groups in total. The molecule has 0 saturated heterocycles. The van der Waals surface area contributed by atoms with Gasteiger partial charge in [0.1, 0.15) is 5.75 Å². The number of nitrogen functional groups attached to an aromatic ring is 1. The van der Waals surface area contributed by atoms with Crippen LogP contribution in [0.15, 0.2) is 30.3 Å². The lowest BCUT2D eigenvalue weighted by molar-refractivity contribution is 0.103. The highest BCUT2D eigenvalue weighted by Crippen LogP contribution is 2.32. The number of methoxy groups -OCH3 is 1. The Morgan fingerprint density at radius 1 is 1.20 bits per heavy atom. The van der Waals surface area contributed by atoms with Crippen molar-refractivity contribution in [2.45, 2.75) is 26.2 Å². The average molecular weight is 289 g/mol. The van der Waals surface area contributed by atoms with E-state index >= 15 is 0 Å². The standard InChI is InChI=1S/C16H19NO2S/c1-16(2,3)14-8-7-13(20-14)15(18)11-9-10(17)5-6-12(11)19-4/h5-9H,17H2,1-4H3. The number of ketones is 1. The van der Waals surface area contributed by atoms with Crippen molar-refractivity contribution in [2.24, 2.45) is 0 Å². The normalized spacial score (nSPS) is 11.4. The molecule has 0 spiro atoms. The van der Waals surface area contributed by atoms with E-state index in [1.165, 1.54) is 16.2 Å². The van der Waals surface area contributed by atoms with Crippen molar-refractivity contribution >= 4 is 22.8 Å². The molecular formula is C16H19NO2S. The van der Waals surface area contributed by atoms with Gasteiger partial charge in [0, 0.05) is 10.6 Å². The molecule has 1 aromatic carbocycles. The lowest BCUT2D eigenvalue weighted by Gasteiger charge is -2.15.